The molecule has 0 aliphatic rings. The molecule has 3 aromatic rings. The fourth-order valence-corrected chi connectivity index (χ4v) is 3.23. The van der Waals surface area contributed by atoms with Crippen LogP contribution in [0.25, 0.3) is 4.96 Å². The van der Waals surface area contributed by atoms with Crippen molar-refractivity contribution in [2.45, 2.75) is 33.1 Å². The molecule has 0 bridgehead atoms. The molecule has 0 aliphatic carbocycles. The molecule has 1 atom stereocenters. The van der Waals surface area contributed by atoms with E-state index in [1.165, 1.54) is 22.0 Å². The molecule has 2 aromatic heterocycles. The van der Waals surface area contributed by atoms with E-state index in [2.05, 4.69) is 29.2 Å². The first-order valence-corrected chi connectivity index (χ1v) is 8.58. The van der Waals surface area contributed by atoms with Gasteiger partial charge in [-0.1, -0.05) is 42.9 Å². The number of rotatable bonds is 4. The largest absolute Gasteiger partial charge is 0.316 e. The van der Waals surface area contributed by atoms with Gasteiger partial charge in [0, 0.05) is 11.5 Å². The number of benzene rings is 1. The minimum atomic E-state index is -0.369. The van der Waals surface area contributed by atoms with Crippen LogP contribution in [0.4, 0.5) is 5.69 Å². The molecule has 2 heterocycles. The Kier molecular flexibility index (Phi) is 4.44. The van der Waals surface area contributed by atoms with Crippen molar-refractivity contribution in [3.8, 4) is 0 Å². The third kappa shape index (κ3) is 3.07. The molecular formula is C17H18N4O2S. The van der Waals surface area contributed by atoms with Crippen molar-refractivity contribution in [1.29, 1.82) is 0 Å². The molecule has 3 rings (SSSR count). The van der Waals surface area contributed by atoms with Crippen LogP contribution in [-0.4, -0.2) is 20.5 Å². The van der Waals surface area contributed by atoms with Gasteiger partial charge in [0.2, 0.25) is 4.96 Å². The fraction of sp³-hybridized carbons (Fsp3) is 0.294. The normalized spacial score (nSPS) is 12.3. The number of aryl methyl sites for hydroxylation is 1. The molecule has 0 radical (unpaired) electrons. The summed E-state index contributed by atoms with van der Waals surface area (Å²) < 4.78 is 1.26. The number of anilines is 1. The number of nitrogens with zero attached hydrogens (tertiary/aromatic N) is 3. The molecule has 6 nitrogen and oxygen atoms in total. The summed E-state index contributed by atoms with van der Waals surface area (Å²) in [7, 11) is 0. The number of carbonyl (C=O) groups is 1. The molecule has 7 heteroatoms. The molecule has 0 unspecified atom stereocenters. The van der Waals surface area contributed by atoms with Gasteiger partial charge < -0.3 is 5.32 Å². The zero-order valence-electron chi connectivity index (χ0n) is 13.7. The maximum Gasteiger partial charge on any atom is 0.298 e. The van der Waals surface area contributed by atoms with Crippen molar-refractivity contribution < 1.29 is 4.79 Å². The molecule has 0 saturated carbocycles. The van der Waals surface area contributed by atoms with Crippen molar-refractivity contribution in [1.82, 2.24) is 14.6 Å². The molecule has 0 saturated heterocycles. The fourth-order valence-electron chi connectivity index (χ4n) is 2.24. The lowest BCUT2D eigenvalue weighted by Crippen LogP contribution is -2.23. The maximum atomic E-state index is 12.5. The molecule has 0 aliphatic heterocycles. The Hall–Kier alpha value is -2.54. The average molecular weight is 342 g/mol. The Morgan fingerprint density at radius 3 is 2.92 bits per heavy atom. The van der Waals surface area contributed by atoms with Gasteiger partial charge in [0.25, 0.3) is 11.5 Å². The summed E-state index contributed by atoms with van der Waals surface area (Å²) >= 11 is 1.40. The van der Waals surface area contributed by atoms with Crippen LogP contribution in [0.5, 0.6) is 0 Å². The summed E-state index contributed by atoms with van der Waals surface area (Å²) in [6.45, 7) is 6.04. The van der Waals surface area contributed by atoms with E-state index in [9.17, 15) is 9.59 Å². The van der Waals surface area contributed by atoms with E-state index in [0.717, 1.165) is 17.0 Å². The molecule has 1 aromatic carbocycles. The lowest BCUT2D eigenvalue weighted by molar-refractivity contribution is 0.102. The summed E-state index contributed by atoms with van der Waals surface area (Å²) in [6, 6.07) is 7.18. The highest BCUT2D eigenvalue weighted by atomic mass is 32.1. The molecule has 1 amide bonds. The number of aromatic nitrogens is 3. The molecule has 1 N–H and O–H groups in total. The van der Waals surface area contributed by atoms with Crippen LogP contribution in [0.2, 0.25) is 0 Å². The van der Waals surface area contributed by atoms with E-state index in [1.807, 2.05) is 13.0 Å². The van der Waals surface area contributed by atoms with E-state index in [4.69, 9.17) is 0 Å². The molecular weight excluding hydrogens is 324 g/mol. The van der Waals surface area contributed by atoms with Gasteiger partial charge >= 0.3 is 0 Å². The molecule has 0 spiro atoms. The van der Waals surface area contributed by atoms with Crippen molar-refractivity contribution in [2.75, 3.05) is 5.32 Å². The van der Waals surface area contributed by atoms with Crippen molar-refractivity contribution in [3.05, 3.63) is 57.0 Å². The first-order chi connectivity index (χ1) is 11.5. The quantitative estimate of drug-likeness (QED) is 0.790. The molecule has 24 heavy (non-hydrogen) atoms. The zero-order chi connectivity index (χ0) is 17.3. The molecule has 0 fully saturated rings. The highest BCUT2D eigenvalue weighted by molar-refractivity contribution is 7.16. The minimum Gasteiger partial charge on any atom is -0.316 e. The Morgan fingerprint density at radius 2 is 2.21 bits per heavy atom. The van der Waals surface area contributed by atoms with Crippen LogP contribution in [0, 0.1) is 6.92 Å². The van der Waals surface area contributed by atoms with E-state index < -0.39 is 0 Å². The number of hydrogen-bond donors (Lipinski definition) is 1. The van der Waals surface area contributed by atoms with Crippen molar-refractivity contribution >= 4 is 27.9 Å². The van der Waals surface area contributed by atoms with Crippen LogP contribution in [0.3, 0.4) is 0 Å². The number of fused-ring (bicyclic) bond motifs is 1. The van der Waals surface area contributed by atoms with E-state index in [-0.39, 0.29) is 23.1 Å². The second kappa shape index (κ2) is 6.52. The number of hydrogen-bond acceptors (Lipinski definition) is 5. The summed E-state index contributed by atoms with van der Waals surface area (Å²) in [5, 5.41) is 7.84. The van der Waals surface area contributed by atoms with E-state index >= 15 is 0 Å². The van der Waals surface area contributed by atoms with Crippen molar-refractivity contribution in [2.24, 2.45) is 0 Å². The summed E-state index contributed by atoms with van der Waals surface area (Å²) in [4.78, 5) is 29.6. The Labute approximate surface area is 143 Å². The van der Waals surface area contributed by atoms with Crippen LogP contribution in [-0.2, 0) is 0 Å². The summed E-state index contributed by atoms with van der Waals surface area (Å²) in [5.41, 5.74) is 1.23. The van der Waals surface area contributed by atoms with E-state index in [0.29, 0.717) is 10.5 Å². The van der Waals surface area contributed by atoms with Gasteiger partial charge in [-0.25, -0.2) is 4.98 Å². The topological polar surface area (TPSA) is 76.4 Å². The third-order valence-corrected chi connectivity index (χ3v) is 5.02. The van der Waals surface area contributed by atoms with E-state index in [1.54, 1.807) is 18.2 Å². The van der Waals surface area contributed by atoms with Gasteiger partial charge in [0.15, 0.2) is 0 Å². The third-order valence-electron chi connectivity index (χ3n) is 3.86. The standard InChI is InChI=1S/C17H18N4O2S/c1-4-11(3)15-20-21-16(23)13(9-18-17(21)24-15)19-14(22)12-7-5-6-10(2)8-12/h5-9,11H,4H2,1-3H3,(H,19,22)/t11-/m0/s1. The summed E-state index contributed by atoms with van der Waals surface area (Å²) in [6.07, 6.45) is 2.33. The van der Waals surface area contributed by atoms with Gasteiger partial charge in [-0.05, 0) is 25.5 Å². The van der Waals surface area contributed by atoms with Gasteiger partial charge in [0.1, 0.15) is 10.7 Å². The summed E-state index contributed by atoms with van der Waals surface area (Å²) in [5.74, 6) is -0.0728. The highest BCUT2D eigenvalue weighted by Crippen LogP contribution is 2.23. The predicted molar refractivity (Wildman–Crippen MR) is 95.0 cm³/mol. The van der Waals surface area contributed by atoms with Crippen LogP contribution >= 0.6 is 11.3 Å². The second-order valence-corrected chi connectivity index (χ2v) is 6.73. The smallest absolute Gasteiger partial charge is 0.298 e. The van der Waals surface area contributed by atoms with Gasteiger partial charge in [-0.15, -0.1) is 0 Å². The number of amides is 1. The van der Waals surface area contributed by atoms with Gasteiger partial charge in [-0.3, -0.25) is 9.59 Å². The van der Waals surface area contributed by atoms with Crippen LogP contribution in [0.15, 0.2) is 35.3 Å². The van der Waals surface area contributed by atoms with Gasteiger partial charge in [-0.2, -0.15) is 9.61 Å². The minimum absolute atomic E-state index is 0.125. The Morgan fingerprint density at radius 1 is 1.42 bits per heavy atom. The monoisotopic (exact) mass is 342 g/mol. The van der Waals surface area contributed by atoms with Gasteiger partial charge in [0.05, 0.1) is 6.20 Å². The maximum absolute atomic E-state index is 12.5. The van der Waals surface area contributed by atoms with Crippen molar-refractivity contribution in [3.63, 3.8) is 0 Å². The predicted octanol–water partition coefficient (Wildman–Crippen LogP) is 3.23. The second-order valence-electron chi connectivity index (χ2n) is 5.74. The number of nitrogens with one attached hydrogen (secondary N) is 1. The lowest BCUT2D eigenvalue weighted by atomic mass is 10.1. The first kappa shape index (κ1) is 16.3. The average Bonchev–Trinajstić information content (AvgIpc) is 3.01. The Bertz CT molecular complexity index is 961. The lowest BCUT2D eigenvalue weighted by Gasteiger charge is -2.05. The first-order valence-electron chi connectivity index (χ1n) is 7.76. The highest BCUT2D eigenvalue weighted by Gasteiger charge is 2.15. The van der Waals surface area contributed by atoms with Crippen LogP contribution < -0.4 is 10.9 Å². The zero-order valence-corrected chi connectivity index (χ0v) is 14.6. The number of carbonyl (C=O) groups excluding carboxylic acids is 1. The molecule has 124 valence electrons. The van der Waals surface area contributed by atoms with Crippen LogP contribution in [0.1, 0.15) is 47.1 Å². The SMILES string of the molecule is CC[C@H](C)c1nn2c(=O)c(NC(=O)c3cccc(C)c3)cnc2s1. The Balaban J connectivity index is 1.94.